The molecule has 0 aromatic heterocycles. The van der Waals surface area contributed by atoms with Crippen LogP contribution in [0, 0.1) is 5.92 Å². The normalized spacial score (nSPS) is 20.3. The lowest BCUT2D eigenvalue weighted by Gasteiger charge is -2.19. The molecule has 1 rings (SSSR count). The standard InChI is InChI=1S/C9H14O/c1-7-4-3-5-8(2)9(7)6-10/h4-5,9-10H,3,6H2,1-2H3. The summed E-state index contributed by atoms with van der Waals surface area (Å²) in [6, 6.07) is 0. The molecule has 0 unspecified atom stereocenters. The van der Waals surface area contributed by atoms with E-state index in [0.717, 1.165) is 6.42 Å². The molecule has 0 saturated carbocycles. The molecular formula is C9H14O. The Morgan fingerprint density at radius 3 is 2.20 bits per heavy atom. The van der Waals surface area contributed by atoms with E-state index in [1.54, 1.807) is 0 Å². The lowest BCUT2D eigenvalue weighted by molar-refractivity contribution is 0.262. The van der Waals surface area contributed by atoms with E-state index in [1.165, 1.54) is 11.1 Å². The van der Waals surface area contributed by atoms with Gasteiger partial charge in [-0.25, -0.2) is 0 Å². The van der Waals surface area contributed by atoms with Crippen molar-refractivity contribution in [2.75, 3.05) is 6.61 Å². The minimum absolute atomic E-state index is 0.255. The van der Waals surface area contributed by atoms with Crippen molar-refractivity contribution in [3.8, 4) is 0 Å². The summed E-state index contributed by atoms with van der Waals surface area (Å²) in [6.07, 6.45) is 5.38. The monoisotopic (exact) mass is 138 g/mol. The number of hydrogen-bond acceptors (Lipinski definition) is 1. The highest BCUT2D eigenvalue weighted by atomic mass is 16.3. The zero-order valence-electron chi connectivity index (χ0n) is 6.59. The molecule has 1 aliphatic rings. The summed E-state index contributed by atoms with van der Waals surface area (Å²) in [5.41, 5.74) is 2.62. The number of aliphatic hydroxyl groups is 1. The van der Waals surface area contributed by atoms with Crippen molar-refractivity contribution in [2.45, 2.75) is 20.3 Å². The molecule has 1 heteroatoms. The fraction of sp³-hybridized carbons (Fsp3) is 0.556. The Kier molecular flexibility index (Phi) is 2.28. The second-order valence-electron chi connectivity index (χ2n) is 2.87. The quantitative estimate of drug-likeness (QED) is 0.548. The van der Waals surface area contributed by atoms with Gasteiger partial charge < -0.3 is 5.11 Å². The van der Waals surface area contributed by atoms with Gasteiger partial charge >= 0.3 is 0 Å². The van der Waals surface area contributed by atoms with Gasteiger partial charge in [-0.2, -0.15) is 0 Å². The maximum absolute atomic E-state index is 8.95. The van der Waals surface area contributed by atoms with Crippen LogP contribution < -0.4 is 0 Å². The van der Waals surface area contributed by atoms with Crippen LogP contribution in [-0.2, 0) is 0 Å². The first-order chi connectivity index (χ1) is 4.75. The number of allylic oxidation sites excluding steroid dienone is 2. The van der Waals surface area contributed by atoms with E-state index >= 15 is 0 Å². The average molecular weight is 138 g/mol. The van der Waals surface area contributed by atoms with Crippen molar-refractivity contribution in [1.82, 2.24) is 0 Å². The first-order valence-corrected chi connectivity index (χ1v) is 3.70. The molecular weight excluding hydrogens is 124 g/mol. The largest absolute Gasteiger partial charge is 0.395 e. The lowest BCUT2D eigenvalue weighted by atomic mass is 9.88. The highest BCUT2D eigenvalue weighted by Crippen LogP contribution is 2.24. The second kappa shape index (κ2) is 3.02. The summed E-state index contributed by atoms with van der Waals surface area (Å²) in [5.74, 6) is 0.300. The SMILES string of the molecule is CC1=CCC=C(C)C1CO. The smallest absolute Gasteiger partial charge is 0.0533 e. The average Bonchev–Trinajstić information content (AvgIpc) is 1.88. The molecule has 0 aromatic carbocycles. The van der Waals surface area contributed by atoms with Crippen LogP contribution in [-0.4, -0.2) is 11.7 Å². The summed E-state index contributed by atoms with van der Waals surface area (Å²) in [6.45, 7) is 4.42. The molecule has 0 radical (unpaired) electrons. The Hall–Kier alpha value is -0.560. The van der Waals surface area contributed by atoms with Gasteiger partial charge in [0.05, 0.1) is 6.61 Å². The van der Waals surface area contributed by atoms with E-state index in [4.69, 9.17) is 5.11 Å². The van der Waals surface area contributed by atoms with Crippen LogP contribution >= 0.6 is 0 Å². The number of rotatable bonds is 1. The zero-order valence-corrected chi connectivity index (χ0v) is 6.59. The fourth-order valence-electron chi connectivity index (χ4n) is 1.36. The Labute approximate surface area is 62.1 Å². The highest BCUT2D eigenvalue weighted by Gasteiger charge is 2.13. The minimum atomic E-state index is 0.255. The molecule has 0 spiro atoms. The summed E-state index contributed by atoms with van der Waals surface area (Å²) in [7, 11) is 0. The van der Waals surface area contributed by atoms with Crippen LogP contribution in [0.1, 0.15) is 20.3 Å². The van der Waals surface area contributed by atoms with Crippen LogP contribution in [0.15, 0.2) is 23.3 Å². The molecule has 1 nitrogen and oxygen atoms in total. The minimum Gasteiger partial charge on any atom is -0.395 e. The van der Waals surface area contributed by atoms with Gasteiger partial charge in [-0.3, -0.25) is 0 Å². The molecule has 10 heavy (non-hydrogen) atoms. The molecule has 0 aromatic rings. The molecule has 56 valence electrons. The van der Waals surface area contributed by atoms with Gasteiger partial charge in [0, 0.05) is 5.92 Å². The van der Waals surface area contributed by atoms with E-state index in [9.17, 15) is 0 Å². The van der Waals surface area contributed by atoms with E-state index < -0.39 is 0 Å². The Morgan fingerprint density at radius 2 is 1.90 bits per heavy atom. The molecule has 1 N–H and O–H groups in total. The second-order valence-corrected chi connectivity index (χ2v) is 2.87. The zero-order chi connectivity index (χ0) is 7.56. The van der Waals surface area contributed by atoms with Gasteiger partial charge in [0.2, 0.25) is 0 Å². The molecule has 0 atom stereocenters. The highest BCUT2D eigenvalue weighted by molar-refractivity contribution is 5.24. The van der Waals surface area contributed by atoms with E-state index in [-0.39, 0.29) is 6.61 Å². The Balaban J connectivity index is 2.73. The van der Waals surface area contributed by atoms with Crippen molar-refractivity contribution in [2.24, 2.45) is 5.92 Å². The van der Waals surface area contributed by atoms with Crippen LogP contribution in [0.3, 0.4) is 0 Å². The third-order valence-electron chi connectivity index (χ3n) is 2.16. The summed E-state index contributed by atoms with van der Waals surface area (Å²) in [4.78, 5) is 0. The third kappa shape index (κ3) is 1.29. The fourth-order valence-corrected chi connectivity index (χ4v) is 1.36. The van der Waals surface area contributed by atoms with Gasteiger partial charge in [0.1, 0.15) is 0 Å². The molecule has 1 aliphatic carbocycles. The molecule has 0 saturated heterocycles. The molecule has 0 aliphatic heterocycles. The van der Waals surface area contributed by atoms with Crippen LogP contribution in [0.25, 0.3) is 0 Å². The first kappa shape index (κ1) is 7.55. The molecule has 0 fully saturated rings. The number of hydrogen-bond donors (Lipinski definition) is 1. The van der Waals surface area contributed by atoms with Gasteiger partial charge in [-0.15, -0.1) is 0 Å². The predicted octanol–water partition coefficient (Wildman–Crippen LogP) is 1.89. The van der Waals surface area contributed by atoms with Gasteiger partial charge in [0.25, 0.3) is 0 Å². The predicted molar refractivity (Wildman–Crippen MR) is 42.7 cm³/mol. The Bertz CT molecular complexity index is 159. The van der Waals surface area contributed by atoms with E-state index in [0.29, 0.717) is 5.92 Å². The van der Waals surface area contributed by atoms with Gasteiger partial charge in [0.15, 0.2) is 0 Å². The topological polar surface area (TPSA) is 20.2 Å². The first-order valence-electron chi connectivity index (χ1n) is 3.70. The summed E-state index contributed by atoms with van der Waals surface area (Å²) < 4.78 is 0. The van der Waals surface area contributed by atoms with Crippen molar-refractivity contribution < 1.29 is 5.11 Å². The molecule has 0 heterocycles. The van der Waals surface area contributed by atoms with Gasteiger partial charge in [-0.05, 0) is 20.3 Å². The van der Waals surface area contributed by atoms with Crippen LogP contribution in [0.5, 0.6) is 0 Å². The summed E-state index contributed by atoms with van der Waals surface area (Å²) in [5, 5.41) is 8.95. The van der Waals surface area contributed by atoms with Gasteiger partial charge in [-0.1, -0.05) is 23.3 Å². The third-order valence-corrected chi connectivity index (χ3v) is 2.16. The van der Waals surface area contributed by atoms with Crippen molar-refractivity contribution in [3.63, 3.8) is 0 Å². The molecule has 0 amide bonds. The number of aliphatic hydroxyl groups excluding tert-OH is 1. The van der Waals surface area contributed by atoms with Crippen molar-refractivity contribution in [3.05, 3.63) is 23.3 Å². The Morgan fingerprint density at radius 1 is 1.40 bits per heavy atom. The summed E-state index contributed by atoms with van der Waals surface area (Å²) >= 11 is 0. The molecule has 0 bridgehead atoms. The van der Waals surface area contributed by atoms with E-state index in [2.05, 4.69) is 26.0 Å². The van der Waals surface area contributed by atoms with E-state index in [1.807, 2.05) is 0 Å². The maximum Gasteiger partial charge on any atom is 0.0533 e. The van der Waals surface area contributed by atoms with Crippen LogP contribution in [0.4, 0.5) is 0 Å². The van der Waals surface area contributed by atoms with Crippen LogP contribution in [0.2, 0.25) is 0 Å². The van der Waals surface area contributed by atoms with Crippen molar-refractivity contribution in [1.29, 1.82) is 0 Å². The van der Waals surface area contributed by atoms with Crippen molar-refractivity contribution >= 4 is 0 Å². The maximum atomic E-state index is 8.95. The lowest BCUT2D eigenvalue weighted by Crippen LogP contribution is -2.11.